The number of carbonyl (C=O) groups is 3. The predicted octanol–water partition coefficient (Wildman–Crippen LogP) is 6.36. The summed E-state index contributed by atoms with van der Waals surface area (Å²) in [5.74, 6) is -1.54. The Hall–Kier alpha value is -4.70. The van der Waals surface area contributed by atoms with Gasteiger partial charge in [-0.15, -0.1) is 11.8 Å². The number of aliphatic imine (C=N–C) groups is 1. The van der Waals surface area contributed by atoms with Crippen molar-refractivity contribution >= 4 is 45.5 Å². The summed E-state index contributed by atoms with van der Waals surface area (Å²) < 4.78 is 20.8. The average Bonchev–Trinajstić information content (AvgIpc) is 3.65. The van der Waals surface area contributed by atoms with Gasteiger partial charge in [-0.25, -0.2) is 15.4 Å². The fourth-order valence-electron chi connectivity index (χ4n) is 9.51. The van der Waals surface area contributed by atoms with Crippen molar-refractivity contribution in [1.82, 2.24) is 35.3 Å². The summed E-state index contributed by atoms with van der Waals surface area (Å²) in [4.78, 5) is 61.7. The Kier molecular flexibility index (Phi) is 12.4. The van der Waals surface area contributed by atoms with E-state index in [0.717, 1.165) is 51.2 Å². The lowest BCUT2D eigenvalue weighted by Gasteiger charge is -2.37. The molecule has 6 bridgehead atoms. The van der Waals surface area contributed by atoms with E-state index in [1.807, 2.05) is 32.9 Å². The second-order valence-corrected chi connectivity index (χ2v) is 19.0. The summed E-state index contributed by atoms with van der Waals surface area (Å²) in [5, 5.41) is 6.34. The van der Waals surface area contributed by atoms with Crippen LogP contribution in [0.1, 0.15) is 102 Å². The van der Waals surface area contributed by atoms with Crippen molar-refractivity contribution in [3.63, 3.8) is 0 Å². The minimum atomic E-state index is -1.12. The quantitative estimate of drug-likeness (QED) is 0.181. The summed E-state index contributed by atoms with van der Waals surface area (Å²) in [6, 6.07) is 10.4. The molecule has 1 saturated heterocycles. The molecule has 2 unspecified atom stereocenters. The van der Waals surface area contributed by atoms with Gasteiger partial charge in [0.05, 0.1) is 30.1 Å². The van der Waals surface area contributed by atoms with Crippen LogP contribution >= 0.6 is 11.8 Å². The van der Waals surface area contributed by atoms with Crippen molar-refractivity contribution < 1.29 is 28.6 Å². The van der Waals surface area contributed by atoms with Crippen molar-refractivity contribution in [3.05, 3.63) is 77.6 Å². The van der Waals surface area contributed by atoms with Gasteiger partial charge in [0, 0.05) is 83.9 Å². The number of nitrogens with zero attached hydrogens (tertiary/aromatic N) is 6. The van der Waals surface area contributed by atoms with E-state index >= 15 is 0 Å². The number of thioether (sulfide) groups is 1. The highest BCUT2D eigenvalue weighted by Crippen LogP contribution is 2.53. The molecule has 1 aliphatic carbocycles. The lowest BCUT2D eigenvalue weighted by molar-refractivity contribution is -0.156. The molecule has 0 spiro atoms. The van der Waals surface area contributed by atoms with Crippen LogP contribution in [0.4, 0.5) is 0 Å². The Morgan fingerprint density at radius 3 is 2.69 bits per heavy atom. The van der Waals surface area contributed by atoms with Gasteiger partial charge >= 0.3 is 5.97 Å². The van der Waals surface area contributed by atoms with E-state index in [-0.39, 0.29) is 54.3 Å². The number of pyridine rings is 1. The highest BCUT2D eigenvalue weighted by Gasteiger charge is 2.55. The van der Waals surface area contributed by atoms with Crippen LogP contribution in [-0.2, 0) is 41.6 Å². The number of carbonyl (C=O) groups excluding carboxylic acids is 3. The fourth-order valence-corrected chi connectivity index (χ4v) is 10.8. The number of aryl methyl sites for hydroxylation is 1. The number of rotatable bonds is 9. The van der Waals surface area contributed by atoms with Crippen molar-refractivity contribution in [2.24, 2.45) is 22.2 Å². The van der Waals surface area contributed by atoms with Gasteiger partial charge < -0.3 is 24.1 Å². The van der Waals surface area contributed by atoms with Crippen LogP contribution in [0.5, 0.6) is 0 Å². The predicted molar refractivity (Wildman–Crippen MR) is 235 cm³/mol. The first-order valence-corrected chi connectivity index (χ1v) is 22.5. The standard InChI is InChI=1S/C46H58N8O6S/c1-9-53-34-16-15-28-21-30(34)31(40(53)29-13-11-18-48-37(29)26(4)58-8)22-46(6,7)23-60-45(57)33-14-12-20-54(52-33)44(56)39(41(59-10-2)43-51-38(28)27(5)61-43)50-42(55)36-25(3)35(36)32-17-19-47-24-49-32/h11,13,15-19,21,24-27,33,35-36,38-39,41,52H,9-10,12,14,20,22-23H2,1-8H3,(H,50,55)/t25-,26-,27?,33-,35-,36+,38?,39-,41-/m0/s1. The second kappa shape index (κ2) is 17.6. The molecule has 15 heteroatoms. The molecule has 8 rings (SSSR count). The Bertz CT molecular complexity index is 2320. The van der Waals surface area contributed by atoms with E-state index in [1.165, 1.54) is 11.3 Å². The van der Waals surface area contributed by atoms with Gasteiger partial charge in [-0.1, -0.05) is 33.8 Å². The first-order chi connectivity index (χ1) is 29.3. The third kappa shape index (κ3) is 8.33. The number of fused-ring (bicyclic) bond motifs is 5. The maximum absolute atomic E-state index is 14.8. The van der Waals surface area contributed by atoms with Crippen LogP contribution in [0, 0.1) is 17.3 Å². The molecule has 14 nitrogen and oxygen atoms in total. The molecule has 2 amide bonds. The maximum Gasteiger partial charge on any atom is 0.324 e. The molecule has 0 radical (unpaired) electrons. The summed E-state index contributed by atoms with van der Waals surface area (Å²) >= 11 is 1.57. The molecule has 1 aromatic carbocycles. The monoisotopic (exact) mass is 850 g/mol. The number of aromatic nitrogens is 4. The zero-order chi connectivity index (χ0) is 43.2. The lowest BCUT2D eigenvalue weighted by Crippen LogP contribution is -2.63. The van der Waals surface area contributed by atoms with Gasteiger partial charge in [-0.05, 0) is 87.4 Å². The smallest absolute Gasteiger partial charge is 0.324 e. The number of hydrogen-bond donors (Lipinski definition) is 2. The third-order valence-corrected chi connectivity index (χ3v) is 14.0. The van der Waals surface area contributed by atoms with Gasteiger partial charge in [0.25, 0.3) is 5.91 Å². The molecule has 1 saturated carbocycles. The van der Waals surface area contributed by atoms with Crippen LogP contribution in [0.25, 0.3) is 22.2 Å². The van der Waals surface area contributed by atoms with E-state index < -0.39 is 35.5 Å². The number of benzene rings is 1. The third-order valence-electron chi connectivity index (χ3n) is 12.8. The normalized spacial score (nSPS) is 28.2. The van der Waals surface area contributed by atoms with E-state index in [2.05, 4.69) is 77.2 Å². The Morgan fingerprint density at radius 2 is 1.95 bits per heavy atom. The maximum atomic E-state index is 14.8. The van der Waals surface area contributed by atoms with Crippen LogP contribution in [-0.4, -0.2) is 97.7 Å². The summed E-state index contributed by atoms with van der Waals surface area (Å²) in [5.41, 5.74) is 9.68. The van der Waals surface area contributed by atoms with Crippen molar-refractivity contribution in [2.45, 2.75) is 116 Å². The Morgan fingerprint density at radius 1 is 1.13 bits per heavy atom. The summed E-state index contributed by atoms with van der Waals surface area (Å²) in [6.07, 6.45) is 5.53. The molecular weight excluding hydrogens is 793 g/mol. The van der Waals surface area contributed by atoms with Gasteiger partial charge in [0.2, 0.25) is 5.91 Å². The molecule has 4 aromatic rings. The Balaban J connectivity index is 1.25. The summed E-state index contributed by atoms with van der Waals surface area (Å²) in [6.45, 7) is 16.0. The number of cyclic esters (lactones) is 1. The first kappa shape index (κ1) is 43.0. The van der Waals surface area contributed by atoms with E-state index in [1.54, 1.807) is 31.3 Å². The minimum Gasteiger partial charge on any atom is -0.464 e. The van der Waals surface area contributed by atoms with E-state index in [4.69, 9.17) is 24.2 Å². The van der Waals surface area contributed by atoms with Crippen LogP contribution in [0.15, 0.2) is 60.1 Å². The number of esters is 1. The number of hydrogen-bond acceptors (Lipinski definition) is 12. The van der Waals surface area contributed by atoms with Crippen LogP contribution < -0.4 is 10.7 Å². The van der Waals surface area contributed by atoms with Crippen molar-refractivity contribution in [1.29, 1.82) is 0 Å². The molecule has 4 aliphatic rings. The number of amides is 2. The zero-order valence-corrected chi connectivity index (χ0v) is 37.2. The topological polar surface area (TPSA) is 162 Å². The van der Waals surface area contributed by atoms with Gasteiger partial charge in [-0.3, -0.25) is 29.4 Å². The molecule has 2 N–H and O–H groups in total. The average molecular weight is 851 g/mol. The minimum absolute atomic E-state index is 0.00171. The number of hydrazine groups is 1. The Labute approximate surface area is 362 Å². The molecule has 3 aliphatic heterocycles. The first-order valence-electron chi connectivity index (χ1n) is 21.6. The molecular formula is C46H58N8O6S. The number of nitrogens with one attached hydrogen (secondary N) is 2. The zero-order valence-electron chi connectivity index (χ0n) is 36.4. The second-order valence-electron chi connectivity index (χ2n) is 17.6. The molecule has 6 heterocycles. The fraction of sp³-hybridized carbons (Fsp3) is 0.543. The van der Waals surface area contributed by atoms with Crippen molar-refractivity contribution in [2.75, 3.05) is 26.9 Å². The summed E-state index contributed by atoms with van der Waals surface area (Å²) in [7, 11) is 1.70. The SMILES string of the molecule is CCO[C@@H]1C2=NC(c3ccc4c(c3)c(c(-c3cccnc3[C@H](C)OC)n4CC)CC(C)(C)COC(=O)[C@@H]3CCCN(N3)C(=O)[C@H]1NC(=O)[C@@H]1[C@@H](C)[C@H]1c1ccncn1)C(C)S2. The van der Waals surface area contributed by atoms with Crippen LogP contribution in [0.3, 0.4) is 0 Å². The highest BCUT2D eigenvalue weighted by molar-refractivity contribution is 8.14. The molecule has 3 aromatic heterocycles. The largest absolute Gasteiger partial charge is 0.464 e. The van der Waals surface area contributed by atoms with Gasteiger partial charge in [0.15, 0.2) is 0 Å². The van der Waals surface area contributed by atoms with Gasteiger partial charge in [0.1, 0.15) is 29.6 Å². The lowest BCUT2D eigenvalue weighted by atomic mass is 9.84. The number of ether oxygens (including phenoxy) is 3. The molecule has 61 heavy (non-hydrogen) atoms. The van der Waals surface area contributed by atoms with E-state index in [0.29, 0.717) is 30.9 Å². The molecule has 2 fully saturated rings. The number of methoxy groups -OCH3 is 1. The molecule has 9 atom stereocenters. The van der Waals surface area contributed by atoms with Crippen molar-refractivity contribution in [3.8, 4) is 11.3 Å². The van der Waals surface area contributed by atoms with E-state index in [9.17, 15) is 14.4 Å². The highest BCUT2D eigenvalue weighted by atomic mass is 32.2. The van der Waals surface area contributed by atoms with Gasteiger partial charge in [-0.2, -0.15) is 0 Å². The molecule has 324 valence electrons. The van der Waals surface area contributed by atoms with Crippen LogP contribution in [0.2, 0.25) is 0 Å².